The SMILES string of the molecule is NC(=O)[C@H](NC(=O)C=C1CCCCC1)c1ccccc1. The Morgan fingerprint density at radius 3 is 2.35 bits per heavy atom. The highest BCUT2D eigenvalue weighted by atomic mass is 16.2. The number of rotatable bonds is 4. The summed E-state index contributed by atoms with van der Waals surface area (Å²) in [6.07, 6.45) is 7.07. The second kappa shape index (κ2) is 6.89. The zero-order valence-electron chi connectivity index (χ0n) is 11.5. The van der Waals surface area contributed by atoms with Gasteiger partial charge in [-0.2, -0.15) is 0 Å². The molecule has 1 aromatic rings. The molecule has 0 spiro atoms. The van der Waals surface area contributed by atoms with Gasteiger partial charge in [0.05, 0.1) is 0 Å². The van der Waals surface area contributed by atoms with Crippen molar-refractivity contribution >= 4 is 11.8 Å². The van der Waals surface area contributed by atoms with Gasteiger partial charge in [-0.3, -0.25) is 9.59 Å². The van der Waals surface area contributed by atoms with E-state index in [4.69, 9.17) is 5.73 Å². The lowest BCUT2D eigenvalue weighted by Gasteiger charge is -2.16. The molecule has 0 radical (unpaired) electrons. The van der Waals surface area contributed by atoms with Crippen LogP contribution in [0.3, 0.4) is 0 Å². The monoisotopic (exact) mass is 272 g/mol. The molecule has 2 amide bonds. The van der Waals surface area contributed by atoms with Crippen LogP contribution in [0.1, 0.15) is 43.7 Å². The predicted molar refractivity (Wildman–Crippen MR) is 77.7 cm³/mol. The molecule has 1 fully saturated rings. The zero-order chi connectivity index (χ0) is 14.4. The molecule has 1 aliphatic rings. The smallest absolute Gasteiger partial charge is 0.244 e. The Morgan fingerprint density at radius 1 is 1.10 bits per heavy atom. The topological polar surface area (TPSA) is 72.2 Å². The molecule has 20 heavy (non-hydrogen) atoms. The van der Waals surface area contributed by atoms with Crippen LogP contribution in [0.25, 0.3) is 0 Å². The van der Waals surface area contributed by atoms with E-state index in [2.05, 4.69) is 5.32 Å². The molecule has 1 aromatic carbocycles. The summed E-state index contributed by atoms with van der Waals surface area (Å²) >= 11 is 0. The number of hydrogen-bond donors (Lipinski definition) is 2. The molecular weight excluding hydrogens is 252 g/mol. The van der Waals surface area contributed by atoms with E-state index < -0.39 is 11.9 Å². The molecule has 0 saturated heterocycles. The number of benzene rings is 1. The molecule has 1 saturated carbocycles. The van der Waals surface area contributed by atoms with E-state index in [0.29, 0.717) is 5.56 Å². The quantitative estimate of drug-likeness (QED) is 0.825. The van der Waals surface area contributed by atoms with Gasteiger partial charge in [-0.25, -0.2) is 0 Å². The van der Waals surface area contributed by atoms with Crippen LogP contribution in [0.4, 0.5) is 0 Å². The van der Waals surface area contributed by atoms with E-state index in [0.717, 1.165) is 31.3 Å². The lowest BCUT2D eigenvalue weighted by atomic mass is 9.94. The minimum Gasteiger partial charge on any atom is -0.368 e. The zero-order valence-corrected chi connectivity index (χ0v) is 11.5. The van der Waals surface area contributed by atoms with Crippen molar-refractivity contribution in [1.82, 2.24) is 5.32 Å². The van der Waals surface area contributed by atoms with Crippen LogP contribution in [0.15, 0.2) is 42.0 Å². The molecule has 1 aliphatic carbocycles. The van der Waals surface area contributed by atoms with Crippen LogP contribution in [0.5, 0.6) is 0 Å². The summed E-state index contributed by atoms with van der Waals surface area (Å²) in [5.41, 5.74) is 7.24. The lowest BCUT2D eigenvalue weighted by Crippen LogP contribution is -2.36. The van der Waals surface area contributed by atoms with Crippen molar-refractivity contribution in [1.29, 1.82) is 0 Å². The molecule has 3 N–H and O–H groups in total. The van der Waals surface area contributed by atoms with Gasteiger partial charge in [0.1, 0.15) is 6.04 Å². The van der Waals surface area contributed by atoms with Crippen LogP contribution in [-0.2, 0) is 9.59 Å². The van der Waals surface area contributed by atoms with Gasteiger partial charge in [0.25, 0.3) is 0 Å². The Bertz CT molecular complexity index is 500. The van der Waals surface area contributed by atoms with Gasteiger partial charge in [-0.15, -0.1) is 0 Å². The third kappa shape index (κ3) is 3.95. The molecule has 106 valence electrons. The van der Waals surface area contributed by atoms with Crippen LogP contribution < -0.4 is 11.1 Å². The Labute approximate surface area is 119 Å². The van der Waals surface area contributed by atoms with E-state index in [-0.39, 0.29) is 5.91 Å². The van der Waals surface area contributed by atoms with Gasteiger partial charge in [0.15, 0.2) is 0 Å². The molecule has 2 rings (SSSR count). The summed E-state index contributed by atoms with van der Waals surface area (Å²) in [5.74, 6) is -0.791. The van der Waals surface area contributed by atoms with E-state index in [1.807, 2.05) is 18.2 Å². The molecule has 1 atom stereocenters. The molecule has 0 bridgehead atoms. The van der Waals surface area contributed by atoms with E-state index in [1.54, 1.807) is 18.2 Å². The third-order valence-corrected chi connectivity index (χ3v) is 3.54. The maximum absolute atomic E-state index is 12.0. The number of amides is 2. The standard InChI is InChI=1S/C16H20N2O2/c17-16(20)15(13-9-5-2-6-10-13)18-14(19)11-12-7-3-1-4-8-12/h2,5-6,9-11,15H,1,3-4,7-8H2,(H2,17,20)(H,18,19)/t15-/m1/s1. The first-order chi connectivity index (χ1) is 9.66. The van der Waals surface area contributed by atoms with Crippen molar-refractivity contribution in [3.8, 4) is 0 Å². The predicted octanol–water partition coefficient (Wildman–Crippen LogP) is 2.22. The molecule has 0 unspecified atom stereocenters. The fourth-order valence-electron chi connectivity index (χ4n) is 2.48. The molecule has 4 heteroatoms. The highest BCUT2D eigenvalue weighted by molar-refractivity contribution is 5.93. The Balaban J connectivity index is 2.05. The number of nitrogens with one attached hydrogen (secondary N) is 1. The third-order valence-electron chi connectivity index (χ3n) is 3.54. The first-order valence-electron chi connectivity index (χ1n) is 7.01. The summed E-state index contributed by atoms with van der Waals surface area (Å²) < 4.78 is 0. The number of hydrogen-bond acceptors (Lipinski definition) is 2. The van der Waals surface area contributed by atoms with Crippen LogP contribution in [0, 0.1) is 0 Å². The first-order valence-corrected chi connectivity index (χ1v) is 7.01. The normalized spacial score (nSPS) is 16.3. The number of carbonyl (C=O) groups is 2. The van der Waals surface area contributed by atoms with Gasteiger partial charge in [0, 0.05) is 6.08 Å². The second-order valence-corrected chi connectivity index (χ2v) is 5.12. The van der Waals surface area contributed by atoms with Gasteiger partial charge in [-0.05, 0) is 31.2 Å². The van der Waals surface area contributed by atoms with Gasteiger partial charge in [-0.1, -0.05) is 42.3 Å². The number of nitrogens with two attached hydrogens (primary N) is 1. The fourth-order valence-corrected chi connectivity index (χ4v) is 2.48. The Kier molecular flexibility index (Phi) is 4.93. The van der Waals surface area contributed by atoms with E-state index in [1.165, 1.54) is 6.42 Å². The van der Waals surface area contributed by atoms with Crippen molar-refractivity contribution < 1.29 is 9.59 Å². The minimum absolute atomic E-state index is 0.241. The number of allylic oxidation sites excluding steroid dienone is 1. The van der Waals surface area contributed by atoms with Crippen molar-refractivity contribution in [3.05, 3.63) is 47.5 Å². The lowest BCUT2D eigenvalue weighted by molar-refractivity contribution is -0.125. The number of carbonyl (C=O) groups excluding carboxylic acids is 2. The minimum atomic E-state index is -0.774. The molecular formula is C16H20N2O2. The maximum atomic E-state index is 12.0. The summed E-state index contributed by atoms with van der Waals surface area (Å²) in [5, 5.41) is 2.69. The molecule has 0 aromatic heterocycles. The fraction of sp³-hybridized carbons (Fsp3) is 0.375. The van der Waals surface area contributed by atoms with E-state index >= 15 is 0 Å². The summed E-state index contributed by atoms with van der Waals surface area (Å²) in [6, 6.07) is 8.28. The van der Waals surface area contributed by atoms with Crippen LogP contribution in [-0.4, -0.2) is 11.8 Å². The van der Waals surface area contributed by atoms with Crippen molar-refractivity contribution in [3.63, 3.8) is 0 Å². The first kappa shape index (κ1) is 14.3. The van der Waals surface area contributed by atoms with Gasteiger partial charge >= 0.3 is 0 Å². The Morgan fingerprint density at radius 2 is 1.75 bits per heavy atom. The van der Waals surface area contributed by atoms with Crippen LogP contribution >= 0.6 is 0 Å². The molecule has 0 aliphatic heterocycles. The number of primary amides is 1. The Hall–Kier alpha value is -2.10. The summed E-state index contributed by atoms with van der Waals surface area (Å²) in [6.45, 7) is 0. The van der Waals surface area contributed by atoms with Crippen molar-refractivity contribution in [2.75, 3.05) is 0 Å². The summed E-state index contributed by atoms with van der Waals surface area (Å²) in [4.78, 5) is 23.5. The molecule has 4 nitrogen and oxygen atoms in total. The highest BCUT2D eigenvalue weighted by Gasteiger charge is 2.19. The van der Waals surface area contributed by atoms with Crippen molar-refractivity contribution in [2.45, 2.75) is 38.1 Å². The second-order valence-electron chi connectivity index (χ2n) is 5.12. The average molecular weight is 272 g/mol. The summed E-state index contributed by atoms with van der Waals surface area (Å²) in [7, 11) is 0. The molecule has 0 heterocycles. The van der Waals surface area contributed by atoms with Crippen LogP contribution in [0.2, 0.25) is 0 Å². The van der Waals surface area contributed by atoms with Crippen molar-refractivity contribution in [2.24, 2.45) is 5.73 Å². The average Bonchev–Trinajstić information content (AvgIpc) is 2.46. The van der Waals surface area contributed by atoms with Gasteiger partial charge < -0.3 is 11.1 Å². The maximum Gasteiger partial charge on any atom is 0.244 e. The van der Waals surface area contributed by atoms with E-state index in [9.17, 15) is 9.59 Å². The van der Waals surface area contributed by atoms with Gasteiger partial charge in [0.2, 0.25) is 11.8 Å². The largest absolute Gasteiger partial charge is 0.368 e. The highest BCUT2D eigenvalue weighted by Crippen LogP contribution is 2.22.